The van der Waals surface area contributed by atoms with Gasteiger partial charge in [0, 0.05) is 30.9 Å². The molecular weight excluding hydrogens is 368 g/mol. The van der Waals surface area contributed by atoms with E-state index in [4.69, 9.17) is 33.2 Å². The minimum absolute atomic E-state index is 0.0187. The van der Waals surface area contributed by atoms with Crippen LogP contribution in [0.4, 0.5) is 0 Å². The van der Waals surface area contributed by atoms with Crippen LogP contribution >= 0.6 is 0 Å². The lowest BCUT2D eigenvalue weighted by atomic mass is 10.00. The van der Waals surface area contributed by atoms with Gasteiger partial charge in [0.1, 0.15) is 0 Å². The molecule has 0 bridgehead atoms. The summed E-state index contributed by atoms with van der Waals surface area (Å²) in [5.74, 6) is 1.32. The second-order valence-electron chi connectivity index (χ2n) is 5.74. The van der Waals surface area contributed by atoms with Crippen molar-refractivity contribution in [2.24, 2.45) is 0 Å². The van der Waals surface area contributed by atoms with Crippen molar-refractivity contribution in [3.8, 4) is 23.0 Å². The van der Waals surface area contributed by atoms with E-state index in [1.54, 1.807) is 19.9 Å². The first kappa shape index (κ1) is 23.6. The predicted octanol–water partition coefficient (Wildman–Crippen LogP) is 3.03. The van der Waals surface area contributed by atoms with E-state index in [1.165, 1.54) is 28.4 Å². The maximum Gasteiger partial charge on any atom is 0.333 e. The Morgan fingerprint density at radius 3 is 1.93 bits per heavy atom. The number of carbonyl (C=O) groups is 1. The van der Waals surface area contributed by atoms with Crippen molar-refractivity contribution in [1.29, 1.82) is 0 Å². The minimum Gasteiger partial charge on any atom is -0.490 e. The van der Waals surface area contributed by atoms with Crippen molar-refractivity contribution >= 4 is 5.97 Å². The maximum absolute atomic E-state index is 11.9. The molecule has 0 amide bonds. The van der Waals surface area contributed by atoms with E-state index in [2.05, 4.69) is 0 Å². The van der Waals surface area contributed by atoms with Crippen LogP contribution in [0.25, 0.3) is 0 Å². The summed E-state index contributed by atoms with van der Waals surface area (Å²) >= 11 is 0. The summed E-state index contributed by atoms with van der Waals surface area (Å²) in [6.45, 7) is 5.71. The molecule has 0 saturated carbocycles. The fourth-order valence-corrected chi connectivity index (χ4v) is 2.58. The summed E-state index contributed by atoms with van der Waals surface area (Å²) in [5.41, 5.74) is 2.03. The molecule has 0 saturated heterocycles. The van der Waals surface area contributed by atoms with Gasteiger partial charge in [0.2, 0.25) is 11.5 Å². The first-order valence-electron chi connectivity index (χ1n) is 8.81. The first-order chi connectivity index (χ1) is 13.5. The molecule has 28 heavy (non-hydrogen) atoms. The molecule has 8 heteroatoms. The number of benzene rings is 1. The molecule has 158 valence electrons. The second-order valence-corrected chi connectivity index (χ2v) is 5.74. The summed E-state index contributed by atoms with van der Waals surface area (Å²) < 4.78 is 37.6. The largest absolute Gasteiger partial charge is 0.490 e. The van der Waals surface area contributed by atoms with Gasteiger partial charge >= 0.3 is 5.97 Å². The number of allylic oxidation sites excluding steroid dienone is 1. The van der Waals surface area contributed by atoms with Crippen molar-refractivity contribution in [2.45, 2.75) is 27.2 Å². The van der Waals surface area contributed by atoms with E-state index < -0.39 is 0 Å². The van der Waals surface area contributed by atoms with Gasteiger partial charge in [-0.25, -0.2) is 4.79 Å². The van der Waals surface area contributed by atoms with Crippen LogP contribution in [0.3, 0.4) is 0 Å². The van der Waals surface area contributed by atoms with Gasteiger partial charge in [-0.3, -0.25) is 0 Å². The Morgan fingerprint density at radius 2 is 1.43 bits per heavy atom. The molecule has 0 aliphatic rings. The SMILES string of the molecule is CCOC(=O)/C(C)=C/Cc1c(C)c(OCOC)c(OC)c(OC)c1OCOC. The summed E-state index contributed by atoms with van der Waals surface area (Å²) in [6.07, 6.45) is 2.16. The number of carbonyl (C=O) groups excluding carboxylic acids is 1. The standard InChI is InChI=1S/C20H30O8/c1-8-26-20(21)13(2)9-10-15-14(3)16(27-11-22-4)18(24-6)19(25-7)17(15)28-12-23-5/h9H,8,10-12H2,1-7H3/b13-9+. The zero-order chi connectivity index (χ0) is 21.1. The van der Waals surface area contributed by atoms with E-state index in [0.717, 1.165) is 11.1 Å². The molecule has 0 N–H and O–H groups in total. The van der Waals surface area contributed by atoms with Gasteiger partial charge in [-0.15, -0.1) is 0 Å². The molecule has 0 spiro atoms. The Morgan fingerprint density at radius 1 is 0.893 bits per heavy atom. The lowest BCUT2D eigenvalue weighted by molar-refractivity contribution is -0.138. The zero-order valence-corrected chi connectivity index (χ0v) is 17.7. The highest BCUT2D eigenvalue weighted by Crippen LogP contribution is 2.49. The zero-order valence-electron chi connectivity index (χ0n) is 17.7. The molecule has 0 fully saturated rings. The van der Waals surface area contributed by atoms with E-state index >= 15 is 0 Å². The summed E-state index contributed by atoms with van der Waals surface area (Å²) in [5, 5.41) is 0. The highest BCUT2D eigenvalue weighted by molar-refractivity contribution is 5.87. The quantitative estimate of drug-likeness (QED) is 0.302. The molecule has 1 rings (SSSR count). The molecule has 0 heterocycles. The molecular formula is C20H30O8. The van der Waals surface area contributed by atoms with Crippen LogP contribution in [0.15, 0.2) is 11.6 Å². The Hall–Kier alpha value is -2.45. The lowest BCUT2D eigenvalue weighted by Gasteiger charge is -2.22. The number of esters is 1. The monoisotopic (exact) mass is 398 g/mol. The fraction of sp³-hybridized carbons (Fsp3) is 0.550. The third kappa shape index (κ3) is 5.77. The minimum atomic E-state index is -0.365. The molecule has 8 nitrogen and oxygen atoms in total. The molecule has 0 aliphatic carbocycles. The molecule has 0 aliphatic heterocycles. The molecule has 1 aromatic rings. The van der Waals surface area contributed by atoms with Crippen LogP contribution in [0.1, 0.15) is 25.0 Å². The molecule has 0 atom stereocenters. The van der Waals surface area contributed by atoms with Crippen molar-refractivity contribution < 1.29 is 38.0 Å². The van der Waals surface area contributed by atoms with E-state index in [1.807, 2.05) is 6.92 Å². The van der Waals surface area contributed by atoms with Crippen LogP contribution in [-0.4, -0.2) is 54.6 Å². The predicted molar refractivity (Wildman–Crippen MR) is 103 cm³/mol. The summed E-state index contributed by atoms with van der Waals surface area (Å²) in [6, 6.07) is 0. The Kier molecular flexibility index (Phi) is 10.2. The number of methoxy groups -OCH3 is 4. The van der Waals surface area contributed by atoms with Crippen molar-refractivity contribution in [3.63, 3.8) is 0 Å². The van der Waals surface area contributed by atoms with Crippen LogP contribution in [0, 0.1) is 6.92 Å². The number of rotatable bonds is 12. The van der Waals surface area contributed by atoms with E-state index in [0.29, 0.717) is 41.6 Å². The average Bonchev–Trinajstić information content (AvgIpc) is 2.69. The second kappa shape index (κ2) is 12.1. The molecule has 0 unspecified atom stereocenters. The number of ether oxygens (including phenoxy) is 7. The van der Waals surface area contributed by atoms with Crippen molar-refractivity contribution in [2.75, 3.05) is 48.6 Å². The summed E-state index contributed by atoms with van der Waals surface area (Å²) in [7, 11) is 6.08. The van der Waals surface area contributed by atoms with Crippen molar-refractivity contribution in [1.82, 2.24) is 0 Å². The van der Waals surface area contributed by atoms with Crippen LogP contribution < -0.4 is 18.9 Å². The van der Waals surface area contributed by atoms with Crippen LogP contribution in [-0.2, 0) is 25.4 Å². The van der Waals surface area contributed by atoms with Gasteiger partial charge in [0.05, 0.1) is 20.8 Å². The highest BCUT2D eigenvalue weighted by atomic mass is 16.7. The van der Waals surface area contributed by atoms with E-state index in [9.17, 15) is 4.79 Å². The topological polar surface area (TPSA) is 81.7 Å². The average molecular weight is 398 g/mol. The Balaban J connectivity index is 3.51. The smallest absolute Gasteiger partial charge is 0.333 e. The fourth-order valence-electron chi connectivity index (χ4n) is 2.58. The maximum atomic E-state index is 11.9. The first-order valence-corrected chi connectivity index (χ1v) is 8.81. The normalized spacial score (nSPS) is 11.2. The third-order valence-electron chi connectivity index (χ3n) is 3.95. The lowest BCUT2D eigenvalue weighted by Crippen LogP contribution is -2.10. The van der Waals surface area contributed by atoms with Crippen LogP contribution in [0.2, 0.25) is 0 Å². The van der Waals surface area contributed by atoms with Crippen molar-refractivity contribution in [3.05, 3.63) is 22.8 Å². The summed E-state index contributed by atoms with van der Waals surface area (Å²) in [4.78, 5) is 11.9. The van der Waals surface area contributed by atoms with Gasteiger partial charge in [0.25, 0.3) is 0 Å². The van der Waals surface area contributed by atoms with Gasteiger partial charge < -0.3 is 33.2 Å². The Labute approximate surface area is 166 Å². The highest BCUT2D eigenvalue weighted by Gasteiger charge is 2.26. The third-order valence-corrected chi connectivity index (χ3v) is 3.95. The van der Waals surface area contributed by atoms with Crippen LogP contribution in [0.5, 0.6) is 23.0 Å². The Bertz CT molecular complexity index is 682. The van der Waals surface area contributed by atoms with Gasteiger partial charge in [-0.05, 0) is 27.2 Å². The number of hydrogen-bond donors (Lipinski definition) is 0. The van der Waals surface area contributed by atoms with Gasteiger partial charge in [-0.2, -0.15) is 0 Å². The number of hydrogen-bond acceptors (Lipinski definition) is 8. The molecule has 0 aromatic heterocycles. The van der Waals surface area contributed by atoms with Gasteiger partial charge in [-0.1, -0.05) is 6.08 Å². The van der Waals surface area contributed by atoms with E-state index in [-0.39, 0.29) is 19.6 Å². The van der Waals surface area contributed by atoms with Gasteiger partial charge in [0.15, 0.2) is 25.1 Å². The molecule has 0 radical (unpaired) electrons. The molecule has 1 aromatic carbocycles.